The van der Waals surface area contributed by atoms with E-state index in [4.69, 9.17) is 29.9 Å². The van der Waals surface area contributed by atoms with Gasteiger partial charge in [-0.25, -0.2) is 0 Å². The third kappa shape index (κ3) is 18.9. The fourth-order valence-corrected chi connectivity index (χ4v) is 1.90. The van der Waals surface area contributed by atoms with E-state index in [-0.39, 0.29) is 59.0 Å². The standard InChI is InChI=1S/C14H24N2O10.Zn/c17-11(18)7-15(8-12(19)20)1-3-25-5-6-26-4-2-16(9-13(21)22)10-14(23)24;/h1-10H2,(H,17,18)(H,19,20)(H,21,22)(H,23,24);/q;+2. The molecule has 0 spiro atoms. The normalized spacial score (nSPS) is 10.6. The van der Waals surface area contributed by atoms with E-state index in [2.05, 4.69) is 0 Å². The zero-order valence-corrected chi connectivity index (χ0v) is 17.9. The van der Waals surface area contributed by atoms with E-state index in [1.165, 1.54) is 9.80 Å². The van der Waals surface area contributed by atoms with Gasteiger partial charge in [0.2, 0.25) is 0 Å². The molecular formula is C14H24N2O10Zn+2. The minimum atomic E-state index is -1.14. The van der Waals surface area contributed by atoms with Crippen molar-refractivity contribution in [1.82, 2.24) is 9.80 Å². The Labute approximate surface area is 168 Å². The maximum absolute atomic E-state index is 10.6. The van der Waals surface area contributed by atoms with Crippen molar-refractivity contribution < 1.29 is 68.6 Å². The maximum atomic E-state index is 10.6. The zero-order chi connectivity index (χ0) is 19.9. The van der Waals surface area contributed by atoms with Crippen LogP contribution in [0.15, 0.2) is 0 Å². The fourth-order valence-electron chi connectivity index (χ4n) is 1.90. The Balaban J connectivity index is 0. The molecule has 150 valence electrons. The molecule has 0 aliphatic carbocycles. The minimum absolute atomic E-state index is 0. The van der Waals surface area contributed by atoms with Gasteiger partial charge in [-0.15, -0.1) is 0 Å². The van der Waals surface area contributed by atoms with E-state index in [1.807, 2.05) is 0 Å². The first-order chi connectivity index (χ1) is 12.2. The Morgan fingerprint density at radius 2 is 0.815 bits per heavy atom. The molecule has 27 heavy (non-hydrogen) atoms. The molecule has 0 saturated carbocycles. The number of rotatable bonds is 17. The summed E-state index contributed by atoms with van der Waals surface area (Å²) in [6, 6.07) is 0. The second-order valence-electron chi connectivity index (χ2n) is 5.22. The number of carboxylic acids is 4. The van der Waals surface area contributed by atoms with E-state index < -0.39 is 50.1 Å². The number of aliphatic carboxylic acids is 4. The molecule has 12 nitrogen and oxygen atoms in total. The Morgan fingerprint density at radius 3 is 1.04 bits per heavy atom. The molecule has 0 bridgehead atoms. The zero-order valence-electron chi connectivity index (χ0n) is 14.9. The molecular weight excluding hydrogens is 422 g/mol. The molecule has 0 unspecified atom stereocenters. The molecule has 0 saturated heterocycles. The quantitative estimate of drug-likeness (QED) is 0.143. The van der Waals surface area contributed by atoms with Crippen LogP contribution in [0.3, 0.4) is 0 Å². The molecule has 4 N–H and O–H groups in total. The topological polar surface area (TPSA) is 174 Å². The van der Waals surface area contributed by atoms with Crippen LogP contribution in [0.5, 0.6) is 0 Å². The molecule has 0 aliphatic rings. The third-order valence-corrected chi connectivity index (χ3v) is 2.91. The van der Waals surface area contributed by atoms with Crippen LogP contribution in [-0.2, 0) is 48.1 Å². The van der Waals surface area contributed by atoms with Gasteiger partial charge in [-0.2, -0.15) is 0 Å². The average molecular weight is 446 g/mol. The van der Waals surface area contributed by atoms with Crippen LogP contribution >= 0.6 is 0 Å². The van der Waals surface area contributed by atoms with Crippen molar-refractivity contribution in [3.05, 3.63) is 0 Å². The van der Waals surface area contributed by atoms with Crippen molar-refractivity contribution in [2.45, 2.75) is 0 Å². The van der Waals surface area contributed by atoms with Crippen LogP contribution in [0, 0.1) is 0 Å². The molecule has 0 radical (unpaired) electrons. The smallest absolute Gasteiger partial charge is 0.480 e. The summed E-state index contributed by atoms with van der Waals surface area (Å²) in [4.78, 5) is 44.9. The van der Waals surface area contributed by atoms with Gasteiger partial charge in [-0.3, -0.25) is 29.0 Å². The Hall–Kier alpha value is -1.66. The summed E-state index contributed by atoms with van der Waals surface area (Å²) in [7, 11) is 0. The molecule has 0 atom stereocenters. The number of nitrogens with zero attached hydrogens (tertiary/aromatic N) is 2. The van der Waals surface area contributed by atoms with Crippen molar-refractivity contribution >= 4 is 23.9 Å². The summed E-state index contributed by atoms with van der Waals surface area (Å²) in [5.41, 5.74) is 0. The van der Waals surface area contributed by atoms with Crippen LogP contribution < -0.4 is 0 Å². The first-order valence-electron chi connectivity index (χ1n) is 7.68. The average Bonchev–Trinajstić information content (AvgIpc) is 2.47. The van der Waals surface area contributed by atoms with Gasteiger partial charge in [0.15, 0.2) is 0 Å². The van der Waals surface area contributed by atoms with Crippen LogP contribution in [0.1, 0.15) is 0 Å². The Kier molecular flexibility index (Phi) is 16.9. The van der Waals surface area contributed by atoms with Gasteiger partial charge in [0.25, 0.3) is 0 Å². The van der Waals surface area contributed by atoms with Crippen molar-refractivity contribution in [3.8, 4) is 0 Å². The monoisotopic (exact) mass is 444 g/mol. The SMILES string of the molecule is O=C(O)CN(CCOCCOCCN(CC(=O)O)CC(=O)O)CC(=O)O.[Zn+2]. The molecule has 0 amide bonds. The van der Waals surface area contributed by atoms with E-state index in [1.54, 1.807) is 0 Å². The van der Waals surface area contributed by atoms with Crippen molar-refractivity contribution in [1.29, 1.82) is 0 Å². The van der Waals surface area contributed by atoms with Crippen molar-refractivity contribution in [2.24, 2.45) is 0 Å². The van der Waals surface area contributed by atoms with Crippen LogP contribution in [0.2, 0.25) is 0 Å². The van der Waals surface area contributed by atoms with Gasteiger partial charge < -0.3 is 29.9 Å². The second-order valence-corrected chi connectivity index (χ2v) is 5.22. The van der Waals surface area contributed by atoms with Gasteiger partial charge in [0.05, 0.1) is 52.6 Å². The molecule has 13 heteroatoms. The molecule has 0 aromatic carbocycles. The van der Waals surface area contributed by atoms with E-state index in [9.17, 15) is 19.2 Å². The summed E-state index contributed by atoms with van der Waals surface area (Å²) in [6.45, 7) is -0.790. The number of carbonyl (C=O) groups is 4. The molecule has 0 aliphatic heterocycles. The predicted molar refractivity (Wildman–Crippen MR) is 85.1 cm³/mol. The third-order valence-electron chi connectivity index (χ3n) is 2.91. The van der Waals surface area contributed by atoms with Gasteiger partial charge >= 0.3 is 43.4 Å². The van der Waals surface area contributed by atoms with Crippen molar-refractivity contribution in [3.63, 3.8) is 0 Å². The van der Waals surface area contributed by atoms with Gasteiger partial charge in [-0.05, 0) is 0 Å². The Bertz CT molecular complexity index is 403. The van der Waals surface area contributed by atoms with Gasteiger partial charge in [0, 0.05) is 13.1 Å². The van der Waals surface area contributed by atoms with Gasteiger partial charge in [-0.1, -0.05) is 0 Å². The molecule has 0 rings (SSSR count). The van der Waals surface area contributed by atoms with E-state index in [0.29, 0.717) is 0 Å². The molecule has 0 aromatic rings. The molecule has 0 aromatic heterocycles. The summed E-state index contributed by atoms with van der Waals surface area (Å²) < 4.78 is 10.4. The van der Waals surface area contributed by atoms with Crippen LogP contribution in [0.4, 0.5) is 0 Å². The van der Waals surface area contributed by atoms with E-state index >= 15 is 0 Å². The summed E-state index contributed by atoms with van der Waals surface area (Å²) in [5.74, 6) is -4.55. The van der Waals surface area contributed by atoms with E-state index in [0.717, 1.165) is 0 Å². The summed E-state index contributed by atoms with van der Waals surface area (Å²) in [6.07, 6.45) is 0. The van der Waals surface area contributed by atoms with Crippen molar-refractivity contribution in [2.75, 3.05) is 65.7 Å². The van der Waals surface area contributed by atoms with Crippen LogP contribution in [0.25, 0.3) is 0 Å². The molecule has 0 heterocycles. The second kappa shape index (κ2) is 16.5. The minimum Gasteiger partial charge on any atom is -0.480 e. The fraction of sp³-hybridized carbons (Fsp3) is 0.714. The first kappa shape index (κ1) is 27.6. The largest absolute Gasteiger partial charge is 2.00 e. The number of hydrogen-bond acceptors (Lipinski definition) is 8. The molecule has 0 fully saturated rings. The van der Waals surface area contributed by atoms with Gasteiger partial charge in [0.1, 0.15) is 0 Å². The van der Waals surface area contributed by atoms with Crippen LogP contribution in [-0.4, -0.2) is 120 Å². The predicted octanol–water partition coefficient (Wildman–Crippen LogP) is -2.04. The summed E-state index contributed by atoms with van der Waals surface area (Å²) in [5, 5.41) is 34.7. The number of ether oxygens (including phenoxy) is 2. The maximum Gasteiger partial charge on any atom is 2.00 e. The Morgan fingerprint density at radius 1 is 0.556 bits per heavy atom. The summed E-state index contributed by atoms with van der Waals surface area (Å²) >= 11 is 0. The number of carboxylic acid groups (broad SMARTS) is 4. The first-order valence-corrected chi connectivity index (χ1v) is 7.68. The number of hydrogen-bond donors (Lipinski definition) is 4.